The van der Waals surface area contributed by atoms with E-state index in [1.54, 1.807) is 11.1 Å². The molecule has 4 saturated carbocycles. The minimum Gasteiger partial charge on any atom is -0.363 e. The summed E-state index contributed by atoms with van der Waals surface area (Å²) in [5.74, 6) is -2.19. The Morgan fingerprint density at radius 2 is 1.67 bits per heavy atom. The van der Waals surface area contributed by atoms with E-state index in [4.69, 9.17) is 5.73 Å². The van der Waals surface area contributed by atoms with Gasteiger partial charge in [-0.3, -0.25) is 24.2 Å². The number of likely N-dealkylation sites (tertiary alicyclic amines) is 1. The van der Waals surface area contributed by atoms with Gasteiger partial charge in [-0.25, -0.2) is 4.79 Å². The van der Waals surface area contributed by atoms with Gasteiger partial charge < -0.3 is 26.6 Å². The Bertz CT molecular complexity index is 1370. The van der Waals surface area contributed by atoms with Gasteiger partial charge in [0.15, 0.2) is 0 Å². The Balaban J connectivity index is 1.23. The molecule has 0 bridgehead atoms. The van der Waals surface area contributed by atoms with Crippen molar-refractivity contribution in [2.45, 2.75) is 134 Å². The van der Waals surface area contributed by atoms with Gasteiger partial charge in [0.05, 0.1) is 6.04 Å². The number of fused-ring (bicyclic) bond motifs is 1. The van der Waals surface area contributed by atoms with Crippen molar-refractivity contribution in [1.82, 2.24) is 25.8 Å². The second-order valence-corrected chi connectivity index (χ2v) is 16.2. The fourth-order valence-electron chi connectivity index (χ4n) is 9.37. The highest BCUT2D eigenvalue weighted by molar-refractivity contribution is 6.37. The highest BCUT2D eigenvalue weighted by Gasteiger charge is 2.61. The summed E-state index contributed by atoms with van der Waals surface area (Å²) < 4.78 is 0. The SMILES string of the molecule is CC1(C)C[C@@H]2[C@@H](C(=O)NC(CC3CC3)C(=O)C(N)=O)N(C(=O)[C@@H](NC(=O)NC3(Cc4ccccn4)CCCCC3)C3CCCCC3)C[C@@H]21. The average Bonchev–Trinajstić information content (AvgIpc) is 3.82. The number of aromatic nitrogens is 1. The summed E-state index contributed by atoms with van der Waals surface area (Å²) in [4.78, 5) is 73.6. The number of carbonyl (C=O) groups excluding carboxylic acids is 5. The summed E-state index contributed by atoms with van der Waals surface area (Å²) >= 11 is 0. The smallest absolute Gasteiger partial charge is 0.315 e. The van der Waals surface area contributed by atoms with Crippen LogP contribution in [0.5, 0.6) is 0 Å². The third kappa shape index (κ3) is 7.54. The molecule has 1 aromatic heterocycles. The lowest BCUT2D eigenvalue weighted by atomic mass is 9.55. The monoisotopic (exact) mass is 662 g/mol. The third-order valence-corrected chi connectivity index (χ3v) is 12.2. The molecule has 5 amide bonds. The van der Waals surface area contributed by atoms with E-state index in [0.717, 1.165) is 89.2 Å². The molecule has 2 heterocycles. The first-order chi connectivity index (χ1) is 23.0. The predicted molar refractivity (Wildman–Crippen MR) is 180 cm³/mol. The number of rotatable bonds is 12. The number of urea groups is 1. The minimum absolute atomic E-state index is 0.0378. The van der Waals surface area contributed by atoms with Crippen molar-refractivity contribution in [2.75, 3.05) is 6.54 Å². The van der Waals surface area contributed by atoms with E-state index in [1.165, 1.54) is 0 Å². The first-order valence-electron chi connectivity index (χ1n) is 18.4. The molecule has 1 unspecified atom stereocenters. The van der Waals surface area contributed by atoms with Crippen LogP contribution < -0.4 is 21.7 Å². The molecule has 0 spiro atoms. The van der Waals surface area contributed by atoms with Gasteiger partial charge >= 0.3 is 6.03 Å². The van der Waals surface area contributed by atoms with Crippen LogP contribution in [0.3, 0.4) is 0 Å². The molecule has 11 heteroatoms. The lowest BCUT2D eigenvalue weighted by Crippen LogP contribution is -2.62. The summed E-state index contributed by atoms with van der Waals surface area (Å²) in [6.07, 6.45) is 15.0. The molecule has 0 aromatic carbocycles. The first kappa shape index (κ1) is 34.4. The highest BCUT2D eigenvalue weighted by atomic mass is 16.2. The number of carbonyl (C=O) groups is 5. The number of ketones is 1. The second-order valence-electron chi connectivity index (χ2n) is 16.2. The summed E-state index contributed by atoms with van der Waals surface area (Å²) in [5, 5.41) is 9.34. The van der Waals surface area contributed by atoms with Gasteiger partial charge in [-0.1, -0.05) is 71.3 Å². The lowest BCUT2D eigenvalue weighted by molar-refractivity contribution is -0.144. The molecule has 5 aliphatic rings. The van der Waals surface area contributed by atoms with Crippen LogP contribution in [0.15, 0.2) is 24.4 Å². The van der Waals surface area contributed by atoms with Crippen molar-refractivity contribution in [3.63, 3.8) is 0 Å². The molecule has 262 valence electrons. The molecule has 5 atom stereocenters. The largest absolute Gasteiger partial charge is 0.363 e. The topological polar surface area (TPSA) is 164 Å². The average molecular weight is 663 g/mol. The summed E-state index contributed by atoms with van der Waals surface area (Å²) in [6.45, 7) is 4.75. The van der Waals surface area contributed by atoms with E-state index in [9.17, 15) is 24.0 Å². The molecule has 5 N–H and O–H groups in total. The zero-order chi connectivity index (χ0) is 34.1. The van der Waals surface area contributed by atoms with E-state index in [-0.39, 0.29) is 41.0 Å². The third-order valence-electron chi connectivity index (χ3n) is 12.2. The van der Waals surface area contributed by atoms with Crippen molar-refractivity contribution in [2.24, 2.45) is 34.8 Å². The van der Waals surface area contributed by atoms with Gasteiger partial charge in [-0.15, -0.1) is 0 Å². The van der Waals surface area contributed by atoms with Gasteiger partial charge in [0, 0.05) is 30.4 Å². The number of hydrogen-bond donors (Lipinski definition) is 4. The van der Waals surface area contributed by atoms with Crippen LogP contribution in [-0.2, 0) is 25.6 Å². The van der Waals surface area contributed by atoms with Crippen LogP contribution in [0, 0.1) is 29.1 Å². The maximum absolute atomic E-state index is 14.8. The van der Waals surface area contributed by atoms with E-state index >= 15 is 0 Å². The first-order valence-corrected chi connectivity index (χ1v) is 18.4. The van der Waals surface area contributed by atoms with E-state index < -0.39 is 41.3 Å². The standard InChI is InChI=1S/C37H54N6O5/c1-36(2)21-26-27(36)22-43(30(26)33(46)40-28(19-23-14-15-23)31(44)32(38)45)34(47)29(24-11-5-3-6-12-24)41-35(48)42-37(16-8-4-9-17-37)20-25-13-7-10-18-39-25/h7,10,13,18,23-24,26-30H,3-6,8-9,11-12,14-17,19-22H2,1-2H3,(H2,38,45)(H,40,46)(H2,41,42,48)/t26-,27-,28?,29-,30-/m0/s1. The molecule has 1 saturated heterocycles. The number of nitrogens with one attached hydrogen (secondary N) is 3. The van der Waals surface area contributed by atoms with Crippen LogP contribution in [0.4, 0.5) is 4.79 Å². The molecule has 0 radical (unpaired) electrons. The zero-order valence-electron chi connectivity index (χ0n) is 28.7. The quantitative estimate of drug-likeness (QED) is 0.249. The van der Waals surface area contributed by atoms with Crippen molar-refractivity contribution < 1.29 is 24.0 Å². The van der Waals surface area contributed by atoms with Crippen LogP contribution in [0.1, 0.15) is 109 Å². The van der Waals surface area contributed by atoms with Gasteiger partial charge in [-0.2, -0.15) is 0 Å². The van der Waals surface area contributed by atoms with Gasteiger partial charge in [0.1, 0.15) is 12.1 Å². The van der Waals surface area contributed by atoms with Crippen LogP contribution in [-0.4, -0.2) is 69.6 Å². The molecule has 4 aliphatic carbocycles. The Kier molecular flexibility index (Phi) is 10.1. The molecule has 1 aromatic rings. The number of amides is 5. The van der Waals surface area contributed by atoms with E-state index in [0.29, 0.717) is 19.4 Å². The lowest BCUT2D eigenvalue weighted by Gasteiger charge is -2.48. The molecular formula is C37H54N6O5. The van der Waals surface area contributed by atoms with Crippen LogP contribution >= 0.6 is 0 Å². The molecular weight excluding hydrogens is 608 g/mol. The maximum Gasteiger partial charge on any atom is 0.315 e. The van der Waals surface area contributed by atoms with Crippen molar-refractivity contribution in [3.05, 3.63) is 30.1 Å². The fraction of sp³-hybridized carbons (Fsp3) is 0.730. The Hall–Kier alpha value is -3.50. The molecule has 5 fully saturated rings. The molecule has 1 aliphatic heterocycles. The second kappa shape index (κ2) is 14.2. The minimum atomic E-state index is -1.06. The number of pyridine rings is 1. The number of Topliss-reactive ketones (excluding diaryl/α,β-unsaturated/α-hetero) is 1. The van der Waals surface area contributed by atoms with Gasteiger partial charge in [0.25, 0.3) is 5.91 Å². The molecule has 48 heavy (non-hydrogen) atoms. The normalized spacial score (nSPS) is 27.5. The Morgan fingerprint density at radius 1 is 0.958 bits per heavy atom. The highest BCUT2D eigenvalue weighted by Crippen LogP contribution is 2.57. The summed E-state index contributed by atoms with van der Waals surface area (Å²) in [6, 6.07) is 2.96. The Morgan fingerprint density at radius 3 is 2.29 bits per heavy atom. The molecule has 11 nitrogen and oxygen atoms in total. The summed E-state index contributed by atoms with van der Waals surface area (Å²) in [5.41, 5.74) is 5.81. The van der Waals surface area contributed by atoms with Gasteiger partial charge in [0.2, 0.25) is 17.6 Å². The van der Waals surface area contributed by atoms with Crippen LogP contribution in [0.2, 0.25) is 0 Å². The maximum atomic E-state index is 14.8. The number of hydrogen-bond acceptors (Lipinski definition) is 6. The van der Waals surface area contributed by atoms with Crippen molar-refractivity contribution in [3.8, 4) is 0 Å². The van der Waals surface area contributed by atoms with Crippen LogP contribution in [0.25, 0.3) is 0 Å². The Labute approximate surface area is 284 Å². The van der Waals surface area contributed by atoms with Gasteiger partial charge in [-0.05, 0) is 79.7 Å². The zero-order valence-corrected chi connectivity index (χ0v) is 28.7. The van der Waals surface area contributed by atoms with Crippen molar-refractivity contribution in [1.29, 1.82) is 0 Å². The van der Waals surface area contributed by atoms with E-state index in [1.807, 2.05) is 18.2 Å². The number of primary amides is 1. The predicted octanol–water partition coefficient (Wildman–Crippen LogP) is 3.79. The molecule has 6 rings (SSSR count). The number of nitrogens with two attached hydrogens (primary N) is 1. The number of nitrogens with zero attached hydrogens (tertiary/aromatic N) is 2. The fourth-order valence-corrected chi connectivity index (χ4v) is 9.37. The van der Waals surface area contributed by atoms with E-state index in [2.05, 4.69) is 34.8 Å². The van der Waals surface area contributed by atoms with Crippen molar-refractivity contribution >= 4 is 29.5 Å². The summed E-state index contributed by atoms with van der Waals surface area (Å²) in [7, 11) is 0.